The van der Waals surface area contributed by atoms with E-state index in [2.05, 4.69) is 21.0 Å². The van der Waals surface area contributed by atoms with Gasteiger partial charge in [-0.3, -0.25) is 4.79 Å². The lowest BCUT2D eigenvalue weighted by molar-refractivity contribution is 0.00578. The summed E-state index contributed by atoms with van der Waals surface area (Å²) in [5.41, 5.74) is 0.488. The number of carbonyl (C=O) groups is 1. The van der Waals surface area contributed by atoms with Gasteiger partial charge in [0.25, 0.3) is 0 Å². The van der Waals surface area contributed by atoms with Crippen LogP contribution in [0, 0.1) is 0 Å². The minimum Gasteiger partial charge on any atom is -0.398 e. The van der Waals surface area contributed by atoms with Gasteiger partial charge in [-0.15, -0.1) is 0 Å². The Balaban J connectivity index is 2.15. The Kier molecular flexibility index (Phi) is 3.51. The Labute approximate surface area is 138 Å². The van der Waals surface area contributed by atoms with Crippen LogP contribution >= 0.6 is 15.9 Å². The highest BCUT2D eigenvalue weighted by atomic mass is 79.9. The fraction of sp³-hybridized carbons (Fsp3) is 0.467. The summed E-state index contributed by atoms with van der Waals surface area (Å²) in [6, 6.07) is 5.72. The first kappa shape index (κ1) is 15.7. The normalized spacial score (nSPS) is 19.8. The molecule has 1 saturated heterocycles. The van der Waals surface area contributed by atoms with Crippen LogP contribution in [-0.2, 0) is 9.31 Å². The van der Waals surface area contributed by atoms with Gasteiger partial charge in [0.2, 0.25) is 5.91 Å². The smallest absolute Gasteiger partial charge is 0.398 e. The minimum atomic E-state index is -0.589. The van der Waals surface area contributed by atoms with Crippen LogP contribution in [-0.4, -0.2) is 34.0 Å². The molecule has 1 aromatic heterocycles. The summed E-state index contributed by atoms with van der Waals surface area (Å²) in [5.74, 6) is -0.147. The third-order valence-corrected chi connectivity index (χ3v) is 4.94. The van der Waals surface area contributed by atoms with Crippen molar-refractivity contribution in [3.05, 3.63) is 22.7 Å². The van der Waals surface area contributed by atoms with Gasteiger partial charge in [0.1, 0.15) is 5.59 Å². The second-order valence-electron chi connectivity index (χ2n) is 6.57. The summed E-state index contributed by atoms with van der Waals surface area (Å²) in [6.45, 7) is 9.46. The molecule has 7 heteroatoms. The molecule has 5 nitrogen and oxygen atoms in total. The zero-order chi connectivity index (χ0) is 16.3. The number of nitrogens with zero attached hydrogens (tertiary/aromatic N) is 2. The first-order chi connectivity index (χ1) is 10.1. The van der Waals surface area contributed by atoms with Crippen LogP contribution in [0.3, 0.4) is 0 Å². The van der Waals surface area contributed by atoms with E-state index in [0.29, 0.717) is 5.59 Å². The number of carbonyl (C=O) groups excluding carboxylic acids is 1. The van der Waals surface area contributed by atoms with Crippen molar-refractivity contribution in [3.63, 3.8) is 0 Å². The summed E-state index contributed by atoms with van der Waals surface area (Å²) in [5, 5.41) is 5.30. The molecule has 2 aromatic rings. The SMILES string of the molecule is CC(=O)n1nc(B2OC(C)(C)C(C)(C)O2)c2ccc(Br)cc21. The van der Waals surface area contributed by atoms with Crippen LogP contribution in [0.25, 0.3) is 10.9 Å². The number of rotatable bonds is 1. The molecule has 0 saturated carbocycles. The molecule has 0 spiro atoms. The molecule has 1 aliphatic heterocycles. The fourth-order valence-electron chi connectivity index (χ4n) is 2.48. The average Bonchev–Trinajstić information content (AvgIpc) is 2.84. The third kappa shape index (κ3) is 2.32. The van der Waals surface area contributed by atoms with Crippen molar-refractivity contribution >= 4 is 45.5 Å². The van der Waals surface area contributed by atoms with Crippen LogP contribution in [0.2, 0.25) is 0 Å². The zero-order valence-electron chi connectivity index (χ0n) is 13.3. The van der Waals surface area contributed by atoms with Gasteiger partial charge < -0.3 is 9.31 Å². The van der Waals surface area contributed by atoms with Gasteiger partial charge >= 0.3 is 7.12 Å². The van der Waals surface area contributed by atoms with Crippen LogP contribution < -0.4 is 5.59 Å². The topological polar surface area (TPSA) is 53.4 Å². The monoisotopic (exact) mass is 364 g/mol. The molecule has 0 unspecified atom stereocenters. The molecule has 1 aromatic carbocycles. The van der Waals surface area contributed by atoms with Crippen LogP contribution in [0.5, 0.6) is 0 Å². The van der Waals surface area contributed by atoms with Crippen molar-refractivity contribution < 1.29 is 14.1 Å². The predicted molar refractivity (Wildman–Crippen MR) is 89.4 cm³/mol. The van der Waals surface area contributed by atoms with Gasteiger partial charge in [-0.05, 0) is 39.8 Å². The number of halogens is 1. The fourth-order valence-corrected chi connectivity index (χ4v) is 2.83. The minimum absolute atomic E-state index is 0.147. The molecule has 0 amide bonds. The molecule has 2 heterocycles. The first-order valence-corrected chi connectivity index (χ1v) is 7.96. The van der Waals surface area contributed by atoms with E-state index in [0.717, 1.165) is 15.4 Å². The Hall–Kier alpha value is -1.18. The van der Waals surface area contributed by atoms with Gasteiger partial charge in [0.15, 0.2) is 0 Å². The largest absolute Gasteiger partial charge is 0.517 e. The standard InChI is InChI=1S/C15H18BBrN2O3/c1-9(20)19-12-8-10(17)6-7-11(12)13(18-19)16-21-14(2,3)15(4,5)22-16/h6-8H,1-5H3. The van der Waals surface area contributed by atoms with E-state index in [1.54, 1.807) is 0 Å². The highest BCUT2D eigenvalue weighted by Gasteiger charge is 2.53. The molecule has 116 valence electrons. The molecule has 0 N–H and O–H groups in total. The van der Waals surface area contributed by atoms with Crippen LogP contribution in [0.15, 0.2) is 22.7 Å². The Morgan fingerprint density at radius 3 is 2.36 bits per heavy atom. The lowest BCUT2D eigenvalue weighted by Crippen LogP contribution is -2.41. The summed E-state index contributed by atoms with van der Waals surface area (Å²) in [4.78, 5) is 11.9. The number of hydrogen-bond acceptors (Lipinski definition) is 4. The molecule has 0 atom stereocenters. The summed E-state index contributed by atoms with van der Waals surface area (Å²) in [6.07, 6.45) is 0. The molecule has 1 fully saturated rings. The van der Waals surface area contributed by atoms with Crippen molar-refractivity contribution in [2.45, 2.75) is 45.8 Å². The predicted octanol–water partition coefficient (Wildman–Crippen LogP) is 2.76. The number of hydrogen-bond donors (Lipinski definition) is 0. The molecule has 0 bridgehead atoms. The molecule has 1 aliphatic rings. The number of benzene rings is 1. The Morgan fingerprint density at radius 1 is 1.23 bits per heavy atom. The van der Waals surface area contributed by atoms with E-state index >= 15 is 0 Å². The lowest BCUT2D eigenvalue weighted by Gasteiger charge is -2.32. The van der Waals surface area contributed by atoms with E-state index in [-0.39, 0.29) is 5.91 Å². The van der Waals surface area contributed by atoms with E-state index in [4.69, 9.17) is 9.31 Å². The molecule has 22 heavy (non-hydrogen) atoms. The molecular formula is C15H18BBrN2O3. The molecule has 0 aliphatic carbocycles. The molecule has 0 radical (unpaired) electrons. The quantitative estimate of drug-likeness (QED) is 0.730. The molecular weight excluding hydrogens is 347 g/mol. The maximum Gasteiger partial charge on any atom is 0.517 e. The zero-order valence-corrected chi connectivity index (χ0v) is 14.9. The summed E-state index contributed by atoms with van der Waals surface area (Å²) >= 11 is 3.43. The highest BCUT2D eigenvalue weighted by Crippen LogP contribution is 2.37. The van der Waals surface area contributed by atoms with Crippen molar-refractivity contribution in [3.8, 4) is 0 Å². The van der Waals surface area contributed by atoms with Crippen molar-refractivity contribution in [2.75, 3.05) is 0 Å². The second-order valence-corrected chi connectivity index (χ2v) is 7.48. The lowest BCUT2D eigenvalue weighted by atomic mass is 9.82. The van der Waals surface area contributed by atoms with E-state index in [1.807, 2.05) is 45.9 Å². The van der Waals surface area contributed by atoms with Crippen molar-refractivity contribution in [1.82, 2.24) is 9.78 Å². The van der Waals surface area contributed by atoms with Gasteiger partial charge in [-0.2, -0.15) is 5.10 Å². The van der Waals surface area contributed by atoms with Crippen molar-refractivity contribution in [1.29, 1.82) is 0 Å². The van der Waals surface area contributed by atoms with Crippen LogP contribution in [0.1, 0.15) is 39.4 Å². The first-order valence-electron chi connectivity index (χ1n) is 7.17. The van der Waals surface area contributed by atoms with Gasteiger partial charge in [-0.1, -0.05) is 22.0 Å². The number of fused-ring (bicyclic) bond motifs is 1. The van der Waals surface area contributed by atoms with E-state index in [1.165, 1.54) is 11.6 Å². The van der Waals surface area contributed by atoms with E-state index < -0.39 is 18.3 Å². The van der Waals surface area contributed by atoms with Gasteiger partial charge in [0.05, 0.1) is 16.7 Å². The second kappa shape index (κ2) is 4.91. The maximum absolute atomic E-state index is 11.9. The maximum atomic E-state index is 11.9. The Morgan fingerprint density at radius 2 is 1.82 bits per heavy atom. The molecule has 3 rings (SSSR count). The van der Waals surface area contributed by atoms with E-state index in [9.17, 15) is 4.79 Å². The van der Waals surface area contributed by atoms with Crippen molar-refractivity contribution in [2.24, 2.45) is 0 Å². The summed E-state index contributed by atoms with van der Waals surface area (Å²) < 4.78 is 14.4. The van der Waals surface area contributed by atoms with Gasteiger partial charge in [-0.25, -0.2) is 4.68 Å². The highest BCUT2D eigenvalue weighted by molar-refractivity contribution is 9.10. The summed E-state index contributed by atoms with van der Waals surface area (Å²) in [7, 11) is -0.589. The number of aromatic nitrogens is 2. The van der Waals surface area contributed by atoms with Gasteiger partial charge in [0, 0.05) is 16.8 Å². The third-order valence-electron chi connectivity index (χ3n) is 4.45. The Bertz CT molecular complexity index is 753. The average molecular weight is 365 g/mol. The van der Waals surface area contributed by atoms with Crippen LogP contribution in [0.4, 0.5) is 0 Å².